The summed E-state index contributed by atoms with van der Waals surface area (Å²) in [5, 5.41) is 8.52. The molecule has 136 valence electrons. The van der Waals surface area contributed by atoms with Gasteiger partial charge in [-0.25, -0.2) is 0 Å². The molecule has 6 heteroatoms. The van der Waals surface area contributed by atoms with Crippen LogP contribution in [0, 0.1) is 0 Å². The quantitative estimate of drug-likeness (QED) is 0.255. The first-order chi connectivity index (χ1) is 9.77. The number of carboxylic acid groups (broad SMARTS) is 1. The summed E-state index contributed by atoms with van der Waals surface area (Å²) in [7, 11) is 0. The second kappa shape index (κ2) is 32.0. The molecule has 0 aliphatic heterocycles. The maximum atomic E-state index is 10.3. The van der Waals surface area contributed by atoms with Gasteiger partial charge in [0.2, 0.25) is 0 Å². The van der Waals surface area contributed by atoms with Gasteiger partial charge in [0, 0.05) is 6.42 Å². The maximum absolute atomic E-state index is 10.3. The van der Waals surface area contributed by atoms with E-state index >= 15 is 0 Å². The van der Waals surface area contributed by atoms with Gasteiger partial charge < -0.3 is 16.1 Å². The molecule has 0 saturated carbocycles. The van der Waals surface area contributed by atoms with E-state index in [1.54, 1.807) is 0 Å². The molecule has 0 aliphatic carbocycles. The van der Waals surface area contributed by atoms with E-state index in [0.717, 1.165) is 12.8 Å². The largest absolute Gasteiger partial charge is 2.00 e. The first kappa shape index (κ1) is 36.2. The summed E-state index contributed by atoms with van der Waals surface area (Å²) in [6.45, 7) is 2.27. The van der Waals surface area contributed by atoms with Gasteiger partial charge in [-0.3, -0.25) is 4.79 Å². The number of aliphatic carboxylic acids is 1. The third kappa shape index (κ3) is 34.6. The van der Waals surface area contributed by atoms with Crippen LogP contribution in [0.25, 0.3) is 0 Å². The van der Waals surface area contributed by atoms with Crippen LogP contribution in [0.5, 0.6) is 0 Å². The minimum Gasteiger partial charge on any atom is -2.00 e. The topological polar surface area (TPSA) is 94.3 Å². The van der Waals surface area contributed by atoms with Gasteiger partial charge in [0.15, 0.2) is 0 Å². The molecule has 24 heavy (non-hydrogen) atoms. The molecule has 0 aliphatic rings. The molecule has 0 aromatic heterocycles. The Hall–Kier alpha value is 1.27. The van der Waals surface area contributed by atoms with E-state index in [1.807, 2.05) is 0 Å². The Morgan fingerprint density at radius 2 is 0.875 bits per heavy atom. The summed E-state index contributed by atoms with van der Waals surface area (Å²) < 4.78 is 0. The molecule has 1 N–H and O–H groups in total. The standard InChI is InChI=1S/C18H36O2.Ca.2O.Zn/c1-2-3-4-5-6-7-8-9-10-11-12-13-14-15-16-17-18(19)20;;;;/h2-17H2,1H3,(H,19,20);;;;/q;+2;2*-2;+2. The summed E-state index contributed by atoms with van der Waals surface area (Å²) in [5.74, 6) is -0.653. The fourth-order valence-corrected chi connectivity index (χ4v) is 2.65. The molecule has 4 nitrogen and oxygen atoms in total. The Morgan fingerprint density at radius 1 is 0.625 bits per heavy atom. The molecule has 0 atom stereocenters. The van der Waals surface area contributed by atoms with E-state index in [-0.39, 0.29) is 68.2 Å². The molecule has 0 saturated heterocycles. The van der Waals surface area contributed by atoms with Crippen molar-refractivity contribution in [3.63, 3.8) is 0 Å². The molecular formula is C18H36CaO4Zn. The average molecular weight is 422 g/mol. The van der Waals surface area contributed by atoms with Crippen LogP contribution in [0.4, 0.5) is 0 Å². The Labute approximate surface area is 192 Å². The van der Waals surface area contributed by atoms with Gasteiger partial charge in [-0.15, -0.1) is 0 Å². The molecule has 0 rings (SSSR count). The molecule has 0 unspecified atom stereocenters. The van der Waals surface area contributed by atoms with Crippen molar-refractivity contribution in [2.75, 3.05) is 0 Å². The van der Waals surface area contributed by atoms with Crippen molar-refractivity contribution >= 4 is 43.7 Å². The normalized spacial score (nSPS) is 9.04. The van der Waals surface area contributed by atoms with Crippen LogP contribution in [0.1, 0.15) is 110 Å². The van der Waals surface area contributed by atoms with Crippen molar-refractivity contribution in [3.05, 3.63) is 0 Å². The average Bonchev–Trinajstić information content (AvgIpc) is 2.43. The Bertz CT molecular complexity index is 219. The fourth-order valence-electron chi connectivity index (χ4n) is 2.65. The Balaban J connectivity index is -0.000000301. The predicted octanol–water partition coefficient (Wildman–Crippen LogP) is 5.71. The van der Waals surface area contributed by atoms with Gasteiger partial charge in [-0.05, 0) is 6.42 Å². The van der Waals surface area contributed by atoms with Gasteiger partial charge in [0.25, 0.3) is 0 Å². The van der Waals surface area contributed by atoms with Crippen molar-refractivity contribution in [1.82, 2.24) is 0 Å². The SMILES string of the molecule is CCCCCCCCCCCCCCCCCC(=O)O.[Ca+2].[O-2].[O-2].[Zn+2]. The summed E-state index contributed by atoms with van der Waals surface area (Å²) in [6, 6.07) is 0. The second-order valence-corrected chi connectivity index (χ2v) is 6.09. The van der Waals surface area contributed by atoms with Crippen LogP contribution in [0.3, 0.4) is 0 Å². The van der Waals surface area contributed by atoms with E-state index in [0.29, 0.717) is 6.42 Å². The molecular weight excluding hydrogens is 386 g/mol. The minimum absolute atomic E-state index is 0. The zero-order valence-corrected chi connectivity index (χ0v) is 21.1. The number of carbonyl (C=O) groups is 1. The van der Waals surface area contributed by atoms with E-state index in [9.17, 15) is 4.79 Å². The smallest absolute Gasteiger partial charge is 2.00 e. The van der Waals surface area contributed by atoms with Crippen molar-refractivity contribution < 1.29 is 40.3 Å². The third-order valence-electron chi connectivity index (χ3n) is 3.99. The summed E-state index contributed by atoms with van der Waals surface area (Å²) in [4.78, 5) is 10.3. The minimum atomic E-state index is -0.653. The Morgan fingerprint density at radius 3 is 1.12 bits per heavy atom. The van der Waals surface area contributed by atoms with Crippen molar-refractivity contribution in [2.45, 2.75) is 110 Å². The summed E-state index contributed by atoms with van der Waals surface area (Å²) in [5.41, 5.74) is 0. The molecule has 0 fully saturated rings. The van der Waals surface area contributed by atoms with Gasteiger partial charge in [0.1, 0.15) is 0 Å². The Kier molecular flexibility index (Phi) is 48.3. The van der Waals surface area contributed by atoms with Crippen LogP contribution >= 0.6 is 0 Å². The fraction of sp³-hybridized carbons (Fsp3) is 0.944. The molecule has 0 aromatic carbocycles. The number of rotatable bonds is 16. The number of unbranched alkanes of at least 4 members (excludes halogenated alkanes) is 14. The first-order valence-electron chi connectivity index (χ1n) is 8.99. The first-order valence-corrected chi connectivity index (χ1v) is 8.99. The van der Waals surface area contributed by atoms with Crippen LogP contribution in [0.15, 0.2) is 0 Å². The zero-order valence-electron chi connectivity index (χ0n) is 15.9. The molecule has 0 radical (unpaired) electrons. The van der Waals surface area contributed by atoms with Crippen molar-refractivity contribution in [3.8, 4) is 0 Å². The van der Waals surface area contributed by atoms with Crippen LogP contribution in [-0.2, 0) is 35.2 Å². The number of hydrogen-bond acceptors (Lipinski definition) is 1. The van der Waals surface area contributed by atoms with Crippen molar-refractivity contribution in [2.24, 2.45) is 0 Å². The van der Waals surface area contributed by atoms with Gasteiger partial charge >= 0.3 is 63.2 Å². The van der Waals surface area contributed by atoms with Crippen LogP contribution in [-0.4, -0.2) is 48.8 Å². The van der Waals surface area contributed by atoms with Crippen molar-refractivity contribution in [1.29, 1.82) is 0 Å². The van der Waals surface area contributed by atoms with Gasteiger partial charge in [-0.1, -0.05) is 96.8 Å². The summed E-state index contributed by atoms with van der Waals surface area (Å²) >= 11 is 0. The number of carboxylic acids is 1. The summed E-state index contributed by atoms with van der Waals surface area (Å²) in [6.07, 6.45) is 20.2. The third-order valence-corrected chi connectivity index (χ3v) is 3.99. The molecule has 0 amide bonds. The molecule has 0 spiro atoms. The molecule has 0 heterocycles. The second-order valence-electron chi connectivity index (χ2n) is 6.09. The molecule has 0 bridgehead atoms. The van der Waals surface area contributed by atoms with E-state index in [1.165, 1.54) is 83.5 Å². The van der Waals surface area contributed by atoms with Gasteiger partial charge in [-0.2, -0.15) is 0 Å². The van der Waals surface area contributed by atoms with E-state index in [4.69, 9.17) is 5.11 Å². The monoisotopic (exact) mass is 420 g/mol. The zero-order chi connectivity index (χ0) is 14.9. The number of hydrogen-bond donors (Lipinski definition) is 1. The van der Waals surface area contributed by atoms with Crippen LogP contribution in [0.2, 0.25) is 0 Å². The van der Waals surface area contributed by atoms with E-state index < -0.39 is 5.97 Å². The van der Waals surface area contributed by atoms with E-state index in [2.05, 4.69) is 6.92 Å². The molecule has 0 aromatic rings. The predicted molar refractivity (Wildman–Crippen MR) is 94.3 cm³/mol. The van der Waals surface area contributed by atoms with Crippen LogP contribution < -0.4 is 0 Å². The van der Waals surface area contributed by atoms with Gasteiger partial charge in [0.05, 0.1) is 0 Å². The maximum Gasteiger partial charge on any atom is 2.00 e.